The van der Waals surface area contributed by atoms with Crippen molar-refractivity contribution in [3.05, 3.63) is 35.9 Å². The van der Waals surface area contributed by atoms with E-state index in [9.17, 15) is 14.4 Å². The number of nitrogens with one attached hydrogen (secondary N) is 2. The second-order valence-electron chi connectivity index (χ2n) is 10.4. The molecule has 3 fully saturated rings. The van der Waals surface area contributed by atoms with Gasteiger partial charge in [-0.15, -0.1) is 11.8 Å². The maximum absolute atomic E-state index is 13.9. The van der Waals surface area contributed by atoms with Gasteiger partial charge in [0.2, 0.25) is 17.7 Å². The largest absolute Gasteiger partial charge is 0.396 e. The molecule has 8 heteroatoms. The molecule has 3 aliphatic rings. The number of nitrogens with zero attached hydrogens (tertiary/aromatic N) is 1. The normalized spacial score (nSPS) is 31.0. The number of unbranched alkanes of at least 4 members (excludes halogenated alkanes) is 3. The molecular weight excluding hydrogens is 462 g/mol. The third-order valence-corrected chi connectivity index (χ3v) is 9.99. The number of likely N-dealkylation sites (tertiary alicyclic amines) is 1. The van der Waals surface area contributed by atoms with Crippen molar-refractivity contribution in [2.45, 2.75) is 80.9 Å². The lowest BCUT2D eigenvalue weighted by molar-refractivity contribution is -0.140. The Balaban J connectivity index is 1.58. The van der Waals surface area contributed by atoms with Crippen LogP contribution in [-0.2, 0) is 20.9 Å². The topological polar surface area (TPSA) is 98.7 Å². The Morgan fingerprint density at radius 3 is 2.57 bits per heavy atom. The standard InChI is InChI=1S/C27H39N3O4S/c1-3-4-15-28-24(33)22-27-14-13-26(2,35-27)20(23(32)29-18-19-11-7-5-8-12-19)21(27)25(34)30(22)16-9-6-10-17-31/h5,7-8,11-12,20-22,31H,3-4,6,9-10,13-18H2,1-2H3,(H,28,33)(H,29,32)/t20-,21-,22?,26+,27?/m0/s1. The Morgan fingerprint density at radius 2 is 1.86 bits per heavy atom. The number of hydrogen-bond donors (Lipinski definition) is 3. The van der Waals surface area contributed by atoms with Crippen molar-refractivity contribution < 1.29 is 19.5 Å². The number of aliphatic hydroxyl groups is 1. The van der Waals surface area contributed by atoms with Crippen LogP contribution in [0.3, 0.4) is 0 Å². The fourth-order valence-electron chi connectivity index (χ4n) is 6.32. The van der Waals surface area contributed by atoms with Gasteiger partial charge in [0.25, 0.3) is 0 Å². The molecule has 3 aliphatic heterocycles. The van der Waals surface area contributed by atoms with E-state index in [4.69, 9.17) is 5.11 Å². The molecule has 3 N–H and O–H groups in total. The second-order valence-corrected chi connectivity index (χ2v) is 12.3. The molecule has 1 spiro atoms. The lowest BCUT2D eigenvalue weighted by atomic mass is 9.66. The van der Waals surface area contributed by atoms with Crippen LogP contribution in [0.15, 0.2) is 30.3 Å². The summed E-state index contributed by atoms with van der Waals surface area (Å²) in [4.78, 5) is 42.8. The van der Waals surface area contributed by atoms with Crippen LogP contribution in [0.2, 0.25) is 0 Å². The van der Waals surface area contributed by atoms with Crippen molar-refractivity contribution in [3.8, 4) is 0 Å². The monoisotopic (exact) mass is 501 g/mol. The van der Waals surface area contributed by atoms with Crippen LogP contribution in [-0.4, -0.2) is 63.0 Å². The van der Waals surface area contributed by atoms with Gasteiger partial charge < -0.3 is 20.6 Å². The van der Waals surface area contributed by atoms with E-state index < -0.39 is 22.6 Å². The maximum atomic E-state index is 13.9. The molecule has 5 atom stereocenters. The van der Waals surface area contributed by atoms with Crippen LogP contribution in [0.4, 0.5) is 0 Å². The van der Waals surface area contributed by atoms with Crippen molar-refractivity contribution in [1.82, 2.24) is 15.5 Å². The number of rotatable bonds is 12. The van der Waals surface area contributed by atoms with Crippen LogP contribution in [0.25, 0.3) is 0 Å². The highest BCUT2D eigenvalue weighted by Gasteiger charge is 2.76. The molecule has 3 saturated heterocycles. The van der Waals surface area contributed by atoms with Gasteiger partial charge in [-0.25, -0.2) is 0 Å². The van der Waals surface area contributed by atoms with Crippen LogP contribution >= 0.6 is 11.8 Å². The Bertz CT molecular complexity index is 928. The third-order valence-electron chi connectivity index (χ3n) is 8.00. The van der Waals surface area contributed by atoms with Crippen LogP contribution in [0.5, 0.6) is 0 Å². The first-order valence-corrected chi connectivity index (χ1v) is 13.9. The molecule has 4 rings (SSSR count). The number of benzene rings is 1. The Kier molecular flexibility index (Phi) is 8.11. The number of fused-ring (bicyclic) bond motifs is 1. The van der Waals surface area contributed by atoms with E-state index in [-0.39, 0.29) is 29.1 Å². The van der Waals surface area contributed by atoms with Crippen molar-refractivity contribution >= 4 is 29.5 Å². The van der Waals surface area contributed by atoms with Gasteiger partial charge in [-0.3, -0.25) is 14.4 Å². The van der Waals surface area contributed by atoms with Crippen molar-refractivity contribution in [2.24, 2.45) is 11.8 Å². The summed E-state index contributed by atoms with van der Waals surface area (Å²) in [6.07, 6.45) is 5.69. The van der Waals surface area contributed by atoms with E-state index in [1.807, 2.05) is 30.3 Å². The second kappa shape index (κ2) is 10.9. The van der Waals surface area contributed by atoms with Gasteiger partial charge in [0.05, 0.1) is 16.6 Å². The first kappa shape index (κ1) is 26.0. The fraction of sp³-hybridized carbons (Fsp3) is 0.667. The lowest BCUT2D eigenvalue weighted by Gasteiger charge is -2.35. The average molecular weight is 502 g/mol. The summed E-state index contributed by atoms with van der Waals surface area (Å²) >= 11 is 1.71. The summed E-state index contributed by atoms with van der Waals surface area (Å²) in [5, 5.41) is 15.3. The van der Waals surface area contributed by atoms with Gasteiger partial charge in [0.15, 0.2) is 0 Å². The van der Waals surface area contributed by atoms with Gasteiger partial charge in [-0.2, -0.15) is 0 Å². The third kappa shape index (κ3) is 4.84. The summed E-state index contributed by atoms with van der Waals surface area (Å²) in [5.41, 5.74) is 1.02. The number of thioether (sulfide) groups is 1. The molecule has 192 valence electrons. The molecule has 0 aliphatic carbocycles. The molecule has 0 aromatic heterocycles. The summed E-state index contributed by atoms with van der Waals surface area (Å²) in [5.74, 6) is -1.16. The summed E-state index contributed by atoms with van der Waals surface area (Å²) in [7, 11) is 0. The molecule has 3 heterocycles. The predicted molar refractivity (Wildman–Crippen MR) is 138 cm³/mol. The minimum atomic E-state index is -0.562. The van der Waals surface area contributed by atoms with Crippen molar-refractivity contribution in [3.63, 3.8) is 0 Å². The van der Waals surface area contributed by atoms with E-state index in [2.05, 4.69) is 24.5 Å². The molecule has 0 radical (unpaired) electrons. The fourth-order valence-corrected chi connectivity index (χ4v) is 8.67. The van der Waals surface area contributed by atoms with Crippen molar-refractivity contribution in [1.29, 1.82) is 0 Å². The molecule has 3 amide bonds. The highest BCUT2D eigenvalue weighted by Crippen LogP contribution is 2.71. The van der Waals surface area contributed by atoms with E-state index >= 15 is 0 Å². The SMILES string of the molecule is CCCCNC(=O)C1N(CCCCCO)C(=O)[C@@H]2[C@@H](C(=O)NCc3ccccc3)[C@@]3(C)CCC12S3. The Hall–Kier alpha value is -2.06. The zero-order chi connectivity index (χ0) is 25.1. The molecule has 2 unspecified atom stereocenters. The predicted octanol–water partition coefficient (Wildman–Crippen LogP) is 2.86. The molecule has 7 nitrogen and oxygen atoms in total. The quantitative estimate of drug-likeness (QED) is 0.383. The molecule has 2 bridgehead atoms. The van der Waals surface area contributed by atoms with Gasteiger partial charge in [-0.1, -0.05) is 43.7 Å². The highest BCUT2D eigenvalue weighted by molar-refractivity contribution is 8.02. The van der Waals surface area contributed by atoms with Gasteiger partial charge in [0, 0.05) is 31.0 Å². The van der Waals surface area contributed by atoms with E-state index in [0.717, 1.165) is 44.1 Å². The van der Waals surface area contributed by atoms with Crippen LogP contribution in [0.1, 0.15) is 64.4 Å². The number of carbonyl (C=O) groups excluding carboxylic acids is 3. The lowest BCUT2D eigenvalue weighted by Crippen LogP contribution is -2.54. The molecule has 0 saturated carbocycles. The van der Waals surface area contributed by atoms with Crippen LogP contribution in [0, 0.1) is 11.8 Å². The molecule has 35 heavy (non-hydrogen) atoms. The smallest absolute Gasteiger partial charge is 0.244 e. The number of hydrogen-bond acceptors (Lipinski definition) is 5. The number of carbonyl (C=O) groups is 3. The van der Waals surface area contributed by atoms with E-state index in [1.165, 1.54) is 0 Å². The average Bonchev–Trinajstić information content (AvgIpc) is 3.42. The zero-order valence-corrected chi connectivity index (χ0v) is 21.7. The summed E-state index contributed by atoms with van der Waals surface area (Å²) in [6.45, 7) is 5.82. The molecule has 1 aromatic rings. The molecular formula is C27H39N3O4S. The molecule has 1 aromatic carbocycles. The maximum Gasteiger partial charge on any atom is 0.244 e. The van der Waals surface area contributed by atoms with E-state index in [1.54, 1.807) is 16.7 Å². The Morgan fingerprint density at radius 1 is 1.09 bits per heavy atom. The Labute approximate surface area is 212 Å². The van der Waals surface area contributed by atoms with Gasteiger partial charge in [-0.05, 0) is 51.0 Å². The minimum absolute atomic E-state index is 0.0552. The summed E-state index contributed by atoms with van der Waals surface area (Å²) < 4.78 is -0.917. The summed E-state index contributed by atoms with van der Waals surface area (Å²) in [6, 6.07) is 9.24. The van der Waals surface area contributed by atoms with Gasteiger partial charge in [0.1, 0.15) is 6.04 Å². The zero-order valence-electron chi connectivity index (χ0n) is 20.9. The van der Waals surface area contributed by atoms with E-state index in [0.29, 0.717) is 26.1 Å². The first-order valence-electron chi connectivity index (χ1n) is 13.1. The first-order chi connectivity index (χ1) is 16.9. The number of aliphatic hydroxyl groups excluding tert-OH is 1. The highest BCUT2D eigenvalue weighted by atomic mass is 32.2. The number of amides is 3. The van der Waals surface area contributed by atoms with Crippen LogP contribution < -0.4 is 10.6 Å². The van der Waals surface area contributed by atoms with Crippen molar-refractivity contribution in [2.75, 3.05) is 19.7 Å². The minimum Gasteiger partial charge on any atom is -0.396 e. The van der Waals surface area contributed by atoms with Gasteiger partial charge >= 0.3 is 0 Å².